The number of piperazine rings is 1. The van der Waals surface area contributed by atoms with E-state index in [1.54, 1.807) is 52.4 Å². The number of ether oxygens (including phenoxy) is 1. The van der Waals surface area contributed by atoms with Crippen LogP contribution in [0.1, 0.15) is 20.7 Å². The minimum Gasteiger partial charge on any atom is -0.480 e. The monoisotopic (exact) mass is 359 g/mol. The highest BCUT2D eigenvalue weighted by Crippen LogP contribution is 2.18. The van der Waals surface area contributed by atoms with Crippen LogP contribution in [0.3, 0.4) is 0 Å². The summed E-state index contributed by atoms with van der Waals surface area (Å²) >= 11 is 5.95. The summed E-state index contributed by atoms with van der Waals surface area (Å²) < 4.78 is 5.15. The standard InChI is InChI=1S/C18H18ClN3O3/c1-25-16-15(6-3-7-20-16)18(24)22-10-8-21(9-11-22)17(23)13-4-2-5-14(19)12-13/h2-7,12H,8-11H2,1H3. The van der Waals surface area contributed by atoms with Gasteiger partial charge in [0, 0.05) is 43.0 Å². The number of carbonyl (C=O) groups is 2. The van der Waals surface area contributed by atoms with E-state index in [0.29, 0.717) is 48.2 Å². The van der Waals surface area contributed by atoms with Crippen LogP contribution in [0.2, 0.25) is 5.02 Å². The second-order valence-corrected chi connectivity index (χ2v) is 6.09. The lowest BCUT2D eigenvalue weighted by molar-refractivity contribution is 0.0533. The van der Waals surface area contributed by atoms with Crippen LogP contribution in [0.4, 0.5) is 0 Å². The molecule has 1 aromatic heterocycles. The second-order valence-electron chi connectivity index (χ2n) is 5.65. The first-order chi connectivity index (χ1) is 12.1. The first-order valence-corrected chi connectivity index (χ1v) is 8.31. The quantitative estimate of drug-likeness (QED) is 0.843. The van der Waals surface area contributed by atoms with Crippen molar-refractivity contribution in [1.82, 2.24) is 14.8 Å². The zero-order valence-corrected chi connectivity index (χ0v) is 14.6. The summed E-state index contributed by atoms with van der Waals surface area (Å²) in [5.74, 6) is 0.0956. The average Bonchev–Trinajstić information content (AvgIpc) is 2.67. The van der Waals surface area contributed by atoms with Gasteiger partial charge in [0.15, 0.2) is 0 Å². The Hall–Kier alpha value is -2.60. The minimum atomic E-state index is -0.139. The maximum absolute atomic E-state index is 12.7. The lowest BCUT2D eigenvalue weighted by Gasteiger charge is -2.35. The van der Waals surface area contributed by atoms with Crippen LogP contribution in [0.25, 0.3) is 0 Å². The van der Waals surface area contributed by atoms with Crippen LogP contribution in [0.15, 0.2) is 42.6 Å². The molecule has 0 N–H and O–H groups in total. The van der Waals surface area contributed by atoms with E-state index in [9.17, 15) is 9.59 Å². The molecule has 1 saturated heterocycles. The molecule has 2 amide bonds. The summed E-state index contributed by atoms with van der Waals surface area (Å²) in [7, 11) is 1.49. The highest BCUT2D eigenvalue weighted by molar-refractivity contribution is 6.30. The van der Waals surface area contributed by atoms with E-state index in [1.165, 1.54) is 7.11 Å². The average molecular weight is 360 g/mol. The van der Waals surface area contributed by atoms with Gasteiger partial charge in [0.1, 0.15) is 5.56 Å². The van der Waals surface area contributed by atoms with Crippen LogP contribution >= 0.6 is 11.6 Å². The van der Waals surface area contributed by atoms with E-state index in [0.717, 1.165) is 0 Å². The van der Waals surface area contributed by atoms with Crippen molar-refractivity contribution < 1.29 is 14.3 Å². The molecule has 1 aliphatic rings. The fourth-order valence-electron chi connectivity index (χ4n) is 2.80. The Morgan fingerprint density at radius 3 is 2.36 bits per heavy atom. The summed E-state index contributed by atoms with van der Waals surface area (Å²) in [5, 5.41) is 0.531. The Labute approximate surface area is 151 Å². The largest absolute Gasteiger partial charge is 0.480 e. The Bertz CT molecular complexity index is 789. The molecule has 0 spiro atoms. The molecule has 130 valence electrons. The van der Waals surface area contributed by atoms with Gasteiger partial charge in [-0.1, -0.05) is 17.7 Å². The van der Waals surface area contributed by atoms with Gasteiger partial charge in [-0.15, -0.1) is 0 Å². The van der Waals surface area contributed by atoms with E-state index in [4.69, 9.17) is 16.3 Å². The molecule has 0 unspecified atom stereocenters. The van der Waals surface area contributed by atoms with Gasteiger partial charge in [0.25, 0.3) is 11.8 Å². The van der Waals surface area contributed by atoms with Gasteiger partial charge in [-0.2, -0.15) is 0 Å². The highest BCUT2D eigenvalue weighted by atomic mass is 35.5. The van der Waals surface area contributed by atoms with Crippen molar-refractivity contribution in [3.05, 3.63) is 58.7 Å². The number of aromatic nitrogens is 1. The number of benzene rings is 1. The lowest BCUT2D eigenvalue weighted by Crippen LogP contribution is -2.50. The van der Waals surface area contributed by atoms with E-state index >= 15 is 0 Å². The molecule has 0 atom stereocenters. The van der Waals surface area contributed by atoms with Crippen LogP contribution < -0.4 is 4.74 Å². The lowest BCUT2D eigenvalue weighted by atomic mass is 10.1. The van der Waals surface area contributed by atoms with Crippen LogP contribution in [0, 0.1) is 0 Å². The van der Waals surface area contributed by atoms with E-state index in [2.05, 4.69) is 4.98 Å². The number of pyridine rings is 1. The van der Waals surface area contributed by atoms with Crippen LogP contribution in [-0.2, 0) is 0 Å². The van der Waals surface area contributed by atoms with Gasteiger partial charge in [-0.25, -0.2) is 4.98 Å². The normalized spacial score (nSPS) is 14.3. The summed E-state index contributed by atoms with van der Waals surface area (Å²) in [6.07, 6.45) is 1.58. The van der Waals surface area contributed by atoms with Crippen molar-refractivity contribution in [2.45, 2.75) is 0 Å². The van der Waals surface area contributed by atoms with Crippen LogP contribution in [0.5, 0.6) is 5.88 Å². The van der Waals surface area contributed by atoms with Gasteiger partial charge in [0.05, 0.1) is 7.11 Å². The summed E-state index contributed by atoms with van der Waals surface area (Å²) in [6.45, 7) is 1.87. The molecule has 0 saturated carbocycles. The molecule has 1 aromatic carbocycles. The van der Waals surface area contributed by atoms with Gasteiger partial charge in [-0.05, 0) is 30.3 Å². The van der Waals surface area contributed by atoms with E-state index in [1.807, 2.05) is 0 Å². The molecule has 7 heteroatoms. The summed E-state index contributed by atoms with van der Waals surface area (Å²) in [6, 6.07) is 10.3. The molecule has 25 heavy (non-hydrogen) atoms. The first kappa shape index (κ1) is 17.2. The topological polar surface area (TPSA) is 62.7 Å². The molecule has 1 fully saturated rings. The van der Waals surface area contributed by atoms with Crippen molar-refractivity contribution in [1.29, 1.82) is 0 Å². The molecule has 1 aliphatic heterocycles. The molecule has 0 bridgehead atoms. The number of amides is 2. The Morgan fingerprint density at radius 2 is 1.72 bits per heavy atom. The van der Waals surface area contributed by atoms with Gasteiger partial charge in [0.2, 0.25) is 5.88 Å². The molecule has 6 nitrogen and oxygen atoms in total. The third-order valence-corrected chi connectivity index (χ3v) is 4.36. The third-order valence-electron chi connectivity index (χ3n) is 4.12. The zero-order valence-electron chi connectivity index (χ0n) is 13.8. The zero-order chi connectivity index (χ0) is 17.8. The number of rotatable bonds is 3. The van der Waals surface area contributed by atoms with Crippen molar-refractivity contribution in [3.63, 3.8) is 0 Å². The molecule has 0 radical (unpaired) electrons. The summed E-state index contributed by atoms with van der Waals surface area (Å²) in [5.41, 5.74) is 0.987. The molecule has 0 aliphatic carbocycles. The van der Waals surface area contributed by atoms with E-state index < -0.39 is 0 Å². The molecule has 2 aromatic rings. The highest BCUT2D eigenvalue weighted by Gasteiger charge is 2.27. The molecular formula is C18H18ClN3O3. The van der Waals surface area contributed by atoms with Gasteiger partial charge in [-0.3, -0.25) is 9.59 Å². The molecule has 2 heterocycles. The predicted octanol–water partition coefficient (Wildman–Crippen LogP) is 2.34. The summed E-state index contributed by atoms with van der Waals surface area (Å²) in [4.78, 5) is 32.7. The van der Waals surface area contributed by atoms with Gasteiger partial charge < -0.3 is 14.5 Å². The second kappa shape index (κ2) is 7.53. The molecular weight excluding hydrogens is 342 g/mol. The predicted molar refractivity (Wildman–Crippen MR) is 94.0 cm³/mol. The number of nitrogens with zero attached hydrogens (tertiary/aromatic N) is 3. The number of halogens is 1. The fourth-order valence-corrected chi connectivity index (χ4v) is 2.99. The fraction of sp³-hybridized carbons (Fsp3) is 0.278. The SMILES string of the molecule is COc1ncccc1C(=O)N1CCN(C(=O)c2cccc(Cl)c2)CC1. The number of hydrogen-bond acceptors (Lipinski definition) is 4. The van der Waals surface area contributed by atoms with E-state index in [-0.39, 0.29) is 11.8 Å². The maximum atomic E-state index is 12.7. The van der Waals surface area contributed by atoms with Crippen LogP contribution in [-0.4, -0.2) is 59.9 Å². The Kier molecular flexibility index (Phi) is 5.19. The maximum Gasteiger partial charge on any atom is 0.259 e. The third kappa shape index (κ3) is 3.74. The number of carbonyl (C=O) groups excluding carboxylic acids is 2. The molecule has 3 rings (SSSR count). The van der Waals surface area contributed by atoms with Gasteiger partial charge >= 0.3 is 0 Å². The van der Waals surface area contributed by atoms with Crippen molar-refractivity contribution in [2.24, 2.45) is 0 Å². The minimum absolute atomic E-state index is 0.0754. The van der Waals surface area contributed by atoms with Crippen molar-refractivity contribution in [2.75, 3.05) is 33.3 Å². The van der Waals surface area contributed by atoms with Crippen molar-refractivity contribution in [3.8, 4) is 5.88 Å². The smallest absolute Gasteiger partial charge is 0.259 e. The number of hydrogen-bond donors (Lipinski definition) is 0. The Morgan fingerprint density at radius 1 is 1.04 bits per heavy atom. The van der Waals surface area contributed by atoms with Crippen molar-refractivity contribution >= 4 is 23.4 Å². The first-order valence-electron chi connectivity index (χ1n) is 7.93. The Balaban J connectivity index is 1.65. The number of methoxy groups -OCH3 is 1.